The highest BCUT2D eigenvalue weighted by Gasteiger charge is 2.27. The number of rotatable bonds is 8. The van der Waals surface area contributed by atoms with E-state index in [1.54, 1.807) is 0 Å². The molecule has 1 saturated heterocycles. The van der Waals surface area contributed by atoms with Gasteiger partial charge in [-0.3, -0.25) is 25.0 Å². The Balaban J connectivity index is 1.21. The normalized spacial score (nSPS) is 13.8. The van der Waals surface area contributed by atoms with E-state index in [9.17, 15) is 19.2 Å². The number of aryl methyl sites for hydroxylation is 2. The minimum absolute atomic E-state index is 0.0738. The predicted molar refractivity (Wildman–Crippen MR) is 138 cm³/mol. The first kappa shape index (κ1) is 23.3. The second-order valence-corrected chi connectivity index (χ2v) is 8.85. The number of imide groups is 2. The van der Waals surface area contributed by atoms with Gasteiger partial charge in [-0.15, -0.1) is 0 Å². The van der Waals surface area contributed by atoms with Crippen LogP contribution in [0.4, 0.5) is 4.79 Å². The van der Waals surface area contributed by atoms with E-state index in [0.717, 1.165) is 66.3 Å². The number of hydrogen-bond acceptors (Lipinski definition) is 4. The summed E-state index contributed by atoms with van der Waals surface area (Å²) in [6.45, 7) is 1.57. The molecule has 0 radical (unpaired) electrons. The Hall–Kier alpha value is -4.46. The number of barbiturate groups is 1. The Kier molecular flexibility index (Phi) is 6.49. The molecule has 2 aromatic carbocycles. The summed E-state index contributed by atoms with van der Waals surface area (Å²) in [6, 6.07) is 18.4. The van der Waals surface area contributed by atoms with Gasteiger partial charge in [0.2, 0.25) is 0 Å². The van der Waals surface area contributed by atoms with Gasteiger partial charge in [-0.25, -0.2) is 4.79 Å². The number of hydrogen-bond donors (Lipinski definition) is 2. The smallest absolute Gasteiger partial charge is 0.328 e. The predicted octanol–water partition coefficient (Wildman–Crippen LogP) is 3.97. The summed E-state index contributed by atoms with van der Waals surface area (Å²) < 4.78 is 4.24. The van der Waals surface area contributed by atoms with Crippen molar-refractivity contribution in [1.29, 1.82) is 0 Å². The lowest BCUT2D eigenvalue weighted by molar-refractivity contribution is -0.123. The van der Waals surface area contributed by atoms with Crippen molar-refractivity contribution in [2.24, 2.45) is 0 Å². The van der Waals surface area contributed by atoms with Crippen LogP contribution in [0.2, 0.25) is 0 Å². The lowest BCUT2D eigenvalue weighted by Crippen LogP contribution is -2.51. The largest absolute Gasteiger partial charge is 0.348 e. The Morgan fingerprint density at radius 3 is 1.89 bits per heavy atom. The molecule has 2 N–H and O–H groups in total. The van der Waals surface area contributed by atoms with Crippen molar-refractivity contribution in [2.75, 3.05) is 0 Å². The zero-order valence-electron chi connectivity index (χ0n) is 19.7. The number of carbonyl (C=O) groups is 3. The van der Waals surface area contributed by atoms with Crippen LogP contribution in [0.3, 0.4) is 0 Å². The third kappa shape index (κ3) is 4.57. The summed E-state index contributed by atoms with van der Waals surface area (Å²) in [5.74, 6) is -1.39. The van der Waals surface area contributed by atoms with E-state index < -0.39 is 17.8 Å². The molecule has 3 heterocycles. The molecule has 1 aliphatic heterocycles. The molecule has 1 aliphatic rings. The van der Waals surface area contributed by atoms with Crippen molar-refractivity contribution in [2.45, 2.75) is 38.8 Å². The number of urea groups is 1. The van der Waals surface area contributed by atoms with E-state index in [-0.39, 0.29) is 11.0 Å². The van der Waals surface area contributed by atoms with E-state index in [4.69, 9.17) is 0 Å². The highest BCUT2D eigenvalue weighted by atomic mass is 16.2. The van der Waals surface area contributed by atoms with E-state index in [0.29, 0.717) is 0 Å². The number of carbonyl (C=O) groups excluding carboxylic acids is 3. The standard InChI is InChI=1S/C28H26N4O4/c33-25-20-11-3-5-13-23(20)32(24-14-6-4-12-21(24)25)17-8-2-1-7-15-31-16-9-10-19(31)18-22-26(34)29-28(36)30-27(22)35/h3-6,9-14,16,18H,1-2,7-8,15,17H2,(H2,29,30,34,35,36). The number of aromatic nitrogens is 2. The SMILES string of the molecule is O=C1NC(=O)C(=Cc2cccn2CCCCCCn2c3ccccc3c(=O)c3ccccc32)C(=O)N1. The molecule has 0 unspecified atom stereocenters. The van der Waals surface area contributed by atoms with E-state index in [1.807, 2.05) is 71.4 Å². The van der Waals surface area contributed by atoms with E-state index >= 15 is 0 Å². The molecule has 0 bridgehead atoms. The quantitative estimate of drug-likeness (QED) is 0.172. The molecular formula is C28H26N4O4. The highest BCUT2D eigenvalue weighted by Crippen LogP contribution is 2.20. The first-order valence-corrected chi connectivity index (χ1v) is 12.1. The molecule has 0 spiro atoms. The van der Waals surface area contributed by atoms with Gasteiger partial charge >= 0.3 is 6.03 Å². The van der Waals surface area contributed by atoms with Gasteiger partial charge in [0.05, 0.1) is 11.0 Å². The van der Waals surface area contributed by atoms with Crippen molar-refractivity contribution in [3.8, 4) is 0 Å². The molecule has 2 aromatic heterocycles. The molecule has 182 valence electrons. The summed E-state index contributed by atoms with van der Waals surface area (Å²) in [4.78, 5) is 48.1. The van der Waals surface area contributed by atoms with Crippen molar-refractivity contribution < 1.29 is 14.4 Å². The van der Waals surface area contributed by atoms with E-state index in [1.165, 1.54) is 6.08 Å². The number of para-hydroxylation sites is 2. The van der Waals surface area contributed by atoms with Crippen molar-refractivity contribution in [3.05, 3.63) is 88.4 Å². The lowest BCUT2D eigenvalue weighted by Gasteiger charge is -2.15. The number of nitrogens with one attached hydrogen (secondary N) is 2. The van der Waals surface area contributed by atoms with Crippen LogP contribution in [0.5, 0.6) is 0 Å². The fraction of sp³-hybridized carbons (Fsp3) is 0.214. The number of fused-ring (bicyclic) bond motifs is 2. The molecule has 4 amide bonds. The summed E-state index contributed by atoms with van der Waals surface area (Å²) in [5, 5.41) is 5.67. The van der Waals surface area contributed by atoms with Crippen molar-refractivity contribution >= 4 is 45.7 Å². The number of unbranched alkanes of at least 4 members (excludes halogenated alkanes) is 3. The van der Waals surface area contributed by atoms with Crippen LogP contribution in [-0.4, -0.2) is 27.0 Å². The van der Waals surface area contributed by atoms with Gasteiger partial charge in [-0.05, 0) is 55.3 Å². The Morgan fingerprint density at radius 1 is 0.667 bits per heavy atom. The van der Waals surface area contributed by atoms with E-state index in [2.05, 4.69) is 15.2 Å². The first-order chi connectivity index (χ1) is 17.5. The Labute approximate surface area is 207 Å². The zero-order chi connectivity index (χ0) is 25.1. The maximum absolute atomic E-state index is 12.9. The molecule has 8 nitrogen and oxygen atoms in total. The van der Waals surface area contributed by atoms with Gasteiger partial charge in [0, 0.05) is 35.8 Å². The third-order valence-electron chi connectivity index (χ3n) is 6.51. The fourth-order valence-corrected chi connectivity index (χ4v) is 4.74. The minimum Gasteiger partial charge on any atom is -0.348 e. The van der Waals surface area contributed by atoms with Crippen molar-refractivity contribution in [3.63, 3.8) is 0 Å². The maximum Gasteiger partial charge on any atom is 0.328 e. The summed E-state index contributed by atoms with van der Waals surface area (Å²) in [7, 11) is 0. The monoisotopic (exact) mass is 482 g/mol. The third-order valence-corrected chi connectivity index (χ3v) is 6.51. The van der Waals surface area contributed by atoms with Crippen LogP contribution in [0.25, 0.3) is 27.9 Å². The number of amides is 4. The molecular weight excluding hydrogens is 456 g/mol. The minimum atomic E-state index is -0.805. The van der Waals surface area contributed by atoms with Crippen LogP contribution < -0.4 is 16.1 Å². The van der Waals surface area contributed by atoms with Crippen LogP contribution in [0.15, 0.2) is 77.2 Å². The number of nitrogens with zero attached hydrogens (tertiary/aromatic N) is 2. The molecule has 0 saturated carbocycles. The molecule has 0 aliphatic carbocycles. The second kappa shape index (κ2) is 10.0. The molecule has 4 aromatic rings. The molecule has 5 rings (SSSR count). The van der Waals surface area contributed by atoms with Crippen LogP contribution in [0, 0.1) is 0 Å². The van der Waals surface area contributed by atoms with Gasteiger partial charge in [-0.1, -0.05) is 37.1 Å². The van der Waals surface area contributed by atoms with Crippen LogP contribution in [-0.2, 0) is 22.7 Å². The first-order valence-electron chi connectivity index (χ1n) is 12.1. The van der Waals surface area contributed by atoms with Gasteiger partial charge in [0.1, 0.15) is 5.57 Å². The average Bonchev–Trinajstić information content (AvgIpc) is 3.32. The number of benzene rings is 2. The Bertz CT molecular complexity index is 1500. The average molecular weight is 483 g/mol. The molecule has 36 heavy (non-hydrogen) atoms. The van der Waals surface area contributed by atoms with Crippen LogP contribution >= 0.6 is 0 Å². The molecule has 8 heteroatoms. The van der Waals surface area contributed by atoms with Crippen LogP contribution in [0.1, 0.15) is 31.4 Å². The highest BCUT2D eigenvalue weighted by molar-refractivity contribution is 6.31. The van der Waals surface area contributed by atoms with Gasteiger partial charge in [0.25, 0.3) is 11.8 Å². The summed E-state index contributed by atoms with van der Waals surface area (Å²) >= 11 is 0. The maximum atomic E-state index is 12.9. The van der Waals surface area contributed by atoms with Gasteiger partial charge in [-0.2, -0.15) is 0 Å². The topological polar surface area (TPSA) is 102 Å². The molecule has 1 fully saturated rings. The van der Waals surface area contributed by atoms with Gasteiger partial charge < -0.3 is 9.13 Å². The fourth-order valence-electron chi connectivity index (χ4n) is 4.74. The number of pyridine rings is 1. The van der Waals surface area contributed by atoms with Gasteiger partial charge in [0.15, 0.2) is 5.43 Å². The zero-order valence-corrected chi connectivity index (χ0v) is 19.7. The second-order valence-electron chi connectivity index (χ2n) is 8.85. The van der Waals surface area contributed by atoms with Crippen molar-refractivity contribution in [1.82, 2.24) is 19.8 Å². The Morgan fingerprint density at radius 2 is 1.25 bits per heavy atom. The molecule has 0 atom stereocenters. The summed E-state index contributed by atoms with van der Waals surface area (Å²) in [6.07, 6.45) is 7.37. The summed E-state index contributed by atoms with van der Waals surface area (Å²) in [5.41, 5.74) is 2.64. The lowest BCUT2D eigenvalue weighted by atomic mass is 10.1.